The lowest BCUT2D eigenvalue weighted by atomic mass is 9.90. The Labute approximate surface area is 175 Å². The molecule has 30 heavy (non-hydrogen) atoms. The molecule has 3 rings (SSSR count). The number of anilines is 1. The van der Waals surface area contributed by atoms with Crippen LogP contribution in [0.1, 0.15) is 28.8 Å². The Morgan fingerprint density at radius 2 is 1.87 bits per heavy atom. The van der Waals surface area contributed by atoms with E-state index < -0.39 is 10.9 Å². The van der Waals surface area contributed by atoms with Gasteiger partial charge in [0.2, 0.25) is 0 Å². The van der Waals surface area contributed by atoms with Gasteiger partial charge in [0.05, 0.1) is 10.5 Å². The highest BCUT2D eigenvalue weighted by Gasteiger charge is 2.24. The first-order valence-electron chi connectivity index (χ1n) is 9.93. The number of carbonyl (C=O) groups is 2. The molecule has 2 aromatic rings. The number of amides is 1. The predicted molar refractivity (Wildman–Crippen MR) is 112 cm³/mol. The maximum atomic E-state index is 12.4. The minimum absolute atomic E-state index is 0.0371. The van der Waals surface area contributed by atoms with Gasteiger partial charge in [-0.25, -0.2) is 4.79 Å². The van der Waals surface area contributed by atoms with E-state index in [1.54, 1.807) is 11.9 Å². The van der Waals surface area contributed by atoms with Crippen molar-refractivity contribution in [2.24, 2.45) is 5.92 Å². The van der Waals surface area contributed by atoms with Gasteiger partial charge in [0, 0.05) is 26.2 Å². The first-order chi connectivity index (χ1) is 14.5. The van der Waals surface area contributed by atoms with Gasteiger partial charge in [-0.1, -0.05) is 30.3 Å². The van der Waals surface area contributed by atoms with E-state index in [-0.39, 0.29) is 23.8 Å². The van der Waals surface area contributed by atoms with Crippen LogP contribution in [-0.4, -0.2) is 48.4 Å². The predicted octanol–water partition coefficient (Wildman–Crippen LogP) is 3.27. The Kier molecular flexibility index (Phi) is 7.00. The minimum Gasteiger partial charge on any atom is -0.452 e. The average molecular weight is 411 g/mol. The number of piperidine rings is 1. The summed E-state index contributed by atoms with van der Waals surface area (Å²) < 4.78 is 5.10. The first-order valence-corrected chi connectivity index (χ1v) is 9.93. The summed E-state index contributed by atoms with van der Waals surface area (Å²) in [6.45, 7) is 0.899. The Morgan fingerprint density at radius 3 is 2.50 bits per heavy atom. The van der Waals surface area contributed by atoms with Crippen LogP contribution in [0.25, 0.3) is 0 Å². The lowest BCUT2D eigenvalue weighted by Crippen LogP contribution is -2.41. The third-order valence-electron chi connectivity index (χ3n) is 5.36. The zero-order valence-corrected chi connectivity index (χ0v) is 16.9. The average Bonchev–Trinajstić information content (AvgIpc) is 2.78. The van der Waals surface area contributed by atoms with Crippen LogP contribution in [0.15, 0.2) is 48.5 Å². The number of nitro groups is 1. The lowest BCUT2D eigenvalue weighted by Gasteiger charge is -2.32. The summed E-state index contributed by atoms with van der Waals surface area (Å²) >= 11 is 0. The molecule has 0 radical (unpaired) electrons. The van der Waals surface area contributed by atoms with E-state index in [0.717, 1.165) is 25.3 Å². The van der Waals surface area contributed by atoms with Crippen LogP contribution in [0.3, 0.4) is 0 Å². The fourth-order valence-electron chi connectivity index (χ4n) is 3.66. The van der Waals surface area contributed by atoms with Crippen LogP contribution in [0.5, 0.6) is 0 Å². The molecule has 1 heterocycles. The maximum Gasteiger partial charge on any atom is 0.338 e. The molecule has 0 unspecified atom stereocenters. The fourth-order valence-corrected chi connectivity index (χ4v) is 3.66. The molecular formula is C22H25N3O5. The molecule has 1 saturated heterocycles. The van der Waals surface area contributed by atoms with Crippen molar-refractivity contribution in [2.45, 2.75) is 19.3 Å². The van der Waals surface area contributed by atoms with Crippen LogP contribution in [0, 0.1) is 16.0 Å². The van der Waals surface area contributed by atoms with Crippen molar-refractivity contribution < 1.29 is 19.2 Å². The molecule has 1 aliphatic heterocycles. The topological polar surface area (TPSA) is 102 Å². The van der Waals surface area contributed by atoms with Crippen LogP contribution in [0.2, 0.25) is 0 Å². The van der Waals surface area contributed by atoms with Gasteiger partial charge in [-0.05, 0) is 42.9 Å². The quantitative estimate of drug-likeness (QED) is 0.426. The van der Waals surface area contributed by atoms with Crippen molar-refractivity contribution in [3.8, 4) is 0 Å². The number of ether oxygens (including phenoxy) is 1. The molecular weight excluding hydrogens is 386 g/mol. The SMILES string of the molecule is CNc1ccc(C(=O)OCC(=O)N2CCC(Cc3ccccc3)CC2)cc1[N+](=O)[O-]. The van der Waals surface area contributed by atoms with E-state index in [1.165, 1.54) is 17.7 Å². The fraction of sp³-hybridized carbons (Fsp3) is 0.364. The molecule has 2 aromatic carbocycles. The van der Waals surface area contributed by atoms with Crippen molar-refractivity contribution >= 4 is 23.3 Å². The van der Waals surface area contributed by atoms with E-state index >= 15 is 0 Å². The summed E-state index contributed by atoms with van der Waals surface area (Å²) in [6.07, 6.45) is 2.82. The van der Waals surface area contributed by atoms with E-state index in [2.05, 4.69) is 17.4 Å². The number of carbonyl (C=O) groups excluding carboxylic acids is 2. The maximum absolute atomic E-state index is 12.4. The van der Waals surface area contributed by atoms with Crippen LogP contribution in [-0.2, 0) is 16.0 Å². The lowest BCUT2D eigenvalue weighted by molar-refractivity contribution is -0.384. The number of nitrogens with one attached hydrogen (secondary N) is 1. The Balaban J connectivity index is 1.48. The van der Waals surface area contributed by atoms with E-state index in [1.807, 2.05) is 18.2 Å². The normalized spacial score (nSPS) is 14.2. The molecule has 0 aromatic heterocycles. The number of hydrogen-bond donors (Lipinski definition) is 1. The number of esters is 1. The summed E-state index contributed by atoms with van der Waals surface area (Å²) in [7, 11) is 1.56. The van der Waals surface area contributed by atoms with Gasteiger partial charge in [-0.2, -0.15) is 0 Å². The molecule has 0 atom stereocenters. The molecule has 1 fully saturated rings. The second-order valence-electron chi connectivity index (χ2n) is 7.33. The third-order valence-corrected chi connectivity index (χ3v) is 5.36. The van der Waals surface area contributed by atoms with Gasteiger partial charge in [-0.3, -0.25) is 14.9 Å². The monoisotopic (exact) mass is 411 g/mol. The van der Waals surface area contributed by atoms with Crippen molar-refractivity contribution in [3.05, 3.63) is 69.8 Å². The summed E-state index contributed by atoms with van der Waals surface area (Å²) in [5.74, 6) is -0.471. The summed E-state index contributed by atoms with van der Waals surface area (Å²) in [5.41, 5.74) is 1.41. The summed E-state index contributed by atoms with van der Waals surface area (Å²) in [4.78, 5) is 36.9. The second-order valence-corrected chi connectivity index (χ2v) is 7.33. The van der Waals surface area contributed by atoms with Crippen LogP contribution in [0.4, 0.5) is 11.4 Å². The molecule has 8 heteroatoms. The number of hydrogen-bond acceptors (Lipinski definition) is 6. The zero-order chi connectivity index (χ0) is 21.5. The highest BCUT2D eigenvalue weighted by atomic mass is 16.6. The number of rotatable bonds is 7. The van der Waals surface area contributed by atoms with Crippen LogP contribution < -0.4 is 5.32 Å². The molecule has 0 bridgehead atoms. The van der Waals surface area contributed by atoms with Crippen molar-refractivity contribution in [1.82, 2.24) is 4.90 Å². The van der Waals surface area contributed by atoms with Gasteiger partial charge in [0.1, 0.15) is 5.69 Å². The van der Waals surface area contributed by atoms with E-state index in [4.69, 9.17) is 4.74 Å². The summed E-state index contributed by atoms with van der Waals surface area (Å²) in [5, 5.41) is 13.8. The highest BCUT2D eigenvalue weighted by molar-refractivity contribution is 5.93. The number of benzene rings is 2. The smallest absolute Gasteiger partial charge is 0.338 e. The molecule has 0 spiro atoms. The molecule has 1 aliphatic rings. The molecule has 8 nitrogen and oxygen atoms in total. The van der Waals surface area contributed by atoms with Gasteiger partial charge in [0.15, 0.2) is 6.61 Å². The Hall–Kier alpha value is -3.42. The largest absolute Gasteiger partial charge is 0.452 e. The van der Waals surface area contributed by atoms with Crippen molar-refractivity contribution in [1.29, 1.82) is 0 Å². The van der Waals surface area contributed by atoms with Gasteiger partial charge in [-0.15, -0.1) is 0 Å². The van der Waals surface area contributed by atoms with Crippen LogP contribution >= 0.6 is 0 Å². The van der Waals surface area contributed by atoms with Gasteiger partial charge in [0.25, 0.3) is 11.6 Å². The number of likely N-dealkylation sites (tertiary alicyclic amines) is 1. The zero-order valence-electron chi connectivity index (χ0n) is 16.9. The molecule has 0 saturated carbocycles. The summed E-state index contributed by atoms with van der Waals surface area (Å²) in [6, 6.07) is 14.3. The Bertz CT molecular complexity index is 908. The standard InChI is InChI=1S/C22H25N3O5/c1-23-19-8-7-18(14-20(19)25(28)29)22(27)30-15-21(26)24-11-9-17(10-12-24)13-16-5-3-2-4-6-16/h2-8,14,17,23H,9-13,15H2,1H3. The number of nitrogens with zero attached hydrogens (tertiary/aromatic N) is 2. The van der Waals surface area contributed by atoms with Gasteiger partial charge >= 0.3 is 5.97 Å². The third kappa shape index (κ3) is 5.34. The first kappa shape index (κ1) is 21.3. The van der Waals surface area contributed by atoms with Gasteiger partial charge < -0.3 is 15.0 Å². The highest BCUT2D eigenvalue weighted by Crippen LogP contribution is 2.25. The molecule has 0 aliphatic carbocycles. The van der Waals surface area contributed by atoms with E-state index in [9.17, 15) is 19.7 Å². The van der Waals surface area contributed by atoms with Crippen molar-refractivity contribution in [2.75, 3.05) is 32.1 Å². The minimum atomic E-state index is -0.756. The molecule has 1 N–H and O–H groups in total. The molecule has 158 valence electrons. The van der Waals surface area contributed by atoms with E-state index in [0.29, 0.717) is 24.7 Å². The Morgan fingerprint density at radius 1 is 1.17 bits per heavy atom. The number of nitro benzene ring substituents is 1. The second kappa shape index (κ2) is 9.87. The molecule has 1 amide bonds. The van der Waals surface area contributed by atoms with Crippen molar-refractivity contribution in [3.63, 3.8) is 0 Å².